The number of rotatable bonds is 10. The lowest BCUT2D eigenvalue weighted by atomic mass is 10.0. The zero-order valence-corrected chi connectivity index (χ0v) is 22.3. The first kappa shape index (κ1) is 28.4. The third-order valence-corrected chi connectivity index (χ3v) is 9.37. The monoisotopic (exact) mass is 579 g/mol. The fourth-order valence-corrected chi connectivity index (χ4v) is 6.65. The lowest BCUT2D eigenvalue weighted by Gasteiger charge is -2.17. The van der Waals surface area contributed by atoms with E-state index in [-0.39, 0.29) is 21.5 Å². The van der Waals surface area contributed by atoms with Crippen LogP contribution >= 0.6 is 34.5 Å². The highest BCUT2D eigenvalue weighted by molar-refractivity contribution is 7.91. The molecule has 1 aromatic carbocycles. The highest BCUT2D eigenvalue weighted by Gasteiger charge is 2.33. The van der Waals surface area contributed by atoms with Crippen molar-refractivity contribution in [2.75, 3.05) is 13.1 Å². The van der Waals surface area contributed by atoms with Gasteiger partial charge in [-0.2, -0.15) is 17.5 Å². The van der Waals surface area contributed by atoms with E-state index >= 15 is 0 Å². The largest absolute Gasteiger partial charge is 0.417 e. The number of alkyl halides is 3. The van der Waals surface area contributed by atoms with E-state index in [1.165, 1.54) is 16.6 Å². The zero-order valence-electron chi connectivity index (χ0n) is 19.2. The van der Waals surface area contributed by atoms with Crippen LogP contribution in [-0.2, 0) is 27.6 Å². The number of halogens is 5. The van der Waals surface area contributed by atoms with E-state index in [2.05, 4.69) is 10.1 Å². The van der Waals surface area contributed by atoms with E-state index in [9.17, 15) is 21.6 Å². The Labute approximate surface area is 221 Å². The molecule has 0 spiro atoms. The van der Waals surface area contributed by atoms with Crippen molar-refractivity contribution in [2.45, 2.75) is 36.8 Å². The Morgan fingerprint density at radius 2 is 1.81 bits per heavy atom. The molecular weight excluding hydrogens is 558 g/mol. The third-order valence-electron chi connectivity index (χ3n) is 5.13. The minimum atomic E-state index is -4.62. The van der Waals surface area contributed by atoms with Crippen LogP contribution in [0.25, 0.3) is 0 Å². The minimum absolute atomic E-state index is 0.0807. The first-order valence-electron chi connectivity index (χ1n) is 10.7. The van der Waals surface area contributed by atoms with E-state index in [4.69, 9.17) is 28.0 Å². The van der Waals surface area contributed by atoms with Gasteiger partial charge in [-0.05, 0) is 35.9 Å². The van der Waals surface area contributed by atoms with Crippen LogP contribution in [-0.4, -0.2) is 37.0 Å². The van der Waals surface area contributed by atoms with Gasteiger partial charge < -0.3 is 4.84 Å². The summed E-state index contributed by atoms with van der Waals surface area (Å²) in [4.78, 5) is 9.76. The molecule has 13 heteroatoms. The number of hydrogen-bond donors (Lipinski definition) is 0. The maximum Gasteiger partial charge on any atom is 0.417 e. The molecule has 2 aromatic heterocycles. The summed E-state index contributed by atoms with van der Waals surface area (Å²) in [7, 11) is -3.73. The molecule has 0 radical (unpaired) electrons. The van der Waals surface area contributed by atoms with Crippen molar-refractivity contribution in [3.63, 3.8) is 0 Å². The van der Waals surface area contributed by atoms with Crippen LogP contribution in [0.15, 0.2) is 58.0 Å². The van der Waals surface area contributed by atoms with Gasteiger partial charge in [0.1, 0.15) is 10.8 Å². The van der Waals surface area contributed by atoms with Gasteiger partial charge in [0.05, 0.1) is 28.4 Å². The second-order valence-electron chi connectivity index (χ2n) is 7.47. The van der Waals surface area contributed by atoms with Crippen molar-refractivity contribution in [3.8, 4) is 0 Å². The molecule has 194 valence electrons. The van der Waals surface area contributed by atoms with Gasteiger partial charge in [0.25, 0.3) is 10.0 Å². The first-order chi connectivity index (χ1) is 17.0. The number of sulfonamides is 1. The average molecular weight is 580 g/mol. The molecule has 1 unspecified atom stereocenters. The second-order valence-corrected chi connectivity index (χ2v) is 11.6. The highest BCUT2D eigenvalue weighted by Crippen LogP contribution is 2.37. The number of oxime groups is 1. The Morgan fingerprint density at radius 3 is 2.39 bits per heavy atom. The van der Waals surface area contributed by atoms with Gasteiger partial charge in [0, 0.05) is 29.2 Å². The van der Waals surface area contributed by atoms with Crippen LogP contribution < -0.4 is 0 Å². The van der Waals surface area contributed by atoms with Crippen LogP contribution in [0.2, 0.25) is 10.0 Å². The van der Waals surface area contributed by atoms with E-state index in [1.807, 2.05) is 0 Å². The fraction of sp³-hybridized carbons (Fsp3) is 0.304. The molecule has 0 aliphatic heterocycles. The summed E-state index contributed by atoms with van der Waals surface area (Å²) < 4.78 is 66.6. The van der Waals surface area contributed by atoms with Crippen LogP contribution in [0.4, 0.5) is 13.2 Å². The summed E-state index contributed by atoms with van der Waals surface area (Å²) in [6.07, 6.45) is -2.61. The van der Waals surface area contributed by atoms with E-state index in [1.54, 1.807) is 44.2 Å². The molecule has 0 aliphatic carbocycles. The summed E-state index contributed by atoms with van der Waals surface area (Å²) >= 11 is 13.0. The molecule has 0 aliphatic rings. The molecule has 2 heterocycles. The molecule has 0 saturated heterocycles. The molecule has 0 bridgehead atoms. The lowest BCUT2D eigenvalue weighted by molar-refractivity contribution is -0.137. The number of hydrogen-bond acceptors (Lipinski definition) is 6. The first-order valence-corrected chi connectivity index (χ1v) is 13.7. The Balaban J connectivity index is 1.95. The molecule has 3 aromatic rings. The number of benzene rings is 1. The second kappa shape index (κ2) is 11.9. The van der Waals surface area contributed by atoms with Crippen molar-refractivity contribution in [1.82, 2.24) is 9.29 Å². The number of thiophene rings is 1. The molecule has 0 fully saturated rings. The molecule has 6 nitrogen and oxygen atoms in total. The lowest BCUT2D eigenvalue weighted by Crippen LogP contribution is -2.29. The SMILES string of the molecule is CCN(CC)S(=O)(=O)c1ccc(C(/C=N\OCc2ccc(Cl)cc2)c2ncc(C(F)(F)F)cc2Cl)s1. The smallest absolute Gasteiger partial charge is 0.391 e. The molecule has 0 saturated carbocycles. The number of nitrogens with zero attached hydrogens (tertiary/aromatic N) is 3. The maximum absolute atomic E-state index is 13.1. The topological polar surface area (TPSA) is 71.9 Å². The summed E-state index contributed by atoms with van der Waals surface area (Å²) in [5.74, 6) is -0.851. The average Bonchev–Trinajstić information content (AvgIpc) is 3.32. The van der Waals surface area contributed by atoms with E-state index in [0.717, 1.165) is 23.0 Å². The van der Waals surface area contributed by atoms with Gasteiger partial charge >= 0.3 is 6.18 Å². The summed E-state index contributed by atoms with van der Waals surface area (Å²) in [6, 6.07) is 10.7. The van der Waals surface area contributed by atoms with E-state index in [0.29, 0.717) is 29.2 Å². The van der Waals surface area contributed by atoms with Crippen molar-refractivity contribution in [1.29, 1.82) is 0 Å². The Kier molecular flexibility index (Phi) is 9.39. The van der Waals surface area contributed by atoms with Crippen molar-refractivity contribution in [2.24, 2.45) is 5.16 Å². The predicted octanol–water partition coefficient (Wildman–Crippen LogP) is 6.83. The fourth-order valence-electron chi connectivity index (χ4n) is 3.24. The minimum Gasteiger partial charge on any atom is -0.391 e. The van der Waals surface area contributed by atoms with Crippen molar-refractivity contribution >= 4 is 50.8 Å². The summed E-state index contributed by atoms with van der Waals surface area (Å²) in [6.45, 7) is 4.16. The maximum atomic E-state index is 13.1. The van der Waals surface area contributed by atoms with Crippen LogP contribution in [0.5, 0.6) is 0 Å². The quantitative estimate of drug-likeness (QED) is 0.195. The molecular formula is C23H22Cl2F3N3O3S2. The van der Waals surface area contributed by atoms with Gasteiger partial charge in [-0.3, -0.25) is 4.98 Å². The normalized spacial score (nSPS) is 13.4. The standard InChI is InChI=1S/C23H22Cl2F3N3O3S2/c1-3-31(4-2)36(32,33)21-10-9-20(35-21)18(13-30-34-14-15-5-7-17(24)8-6-15)22-19(25)11-16(12-29-22)23(26,27)28/h5-13,18H,3-4,14H2,1-2H3/b30-13-. The molecule has 1 atom stereocenters. The molecule has 0 N–H and O–H groups in total. The van der Waals surface area contributed by atoms with Gasteiger partial charge in [-0.1, -0.05) is 54.3 Å². The molecule has 0 amide bonds. The Morgan fingerprint density at radius 1 is 1.14 bits per heavy atom. The molecule has 3 rings (SSSR count). The summed E-state index contributed by atoms with van der Waals surface area (Å²) in [5, 5.41) is 4.29. The van der Waals surface area contributed by atoms with Crippen LogP contribution in [0, 0.1) is 0 Å². The predicted molar refractivity (Wildman–Crippen MR) is 135 cm³/mol. The zero-order chi connectivity index (χ0) is 26.5. The van der Waals surface area contributed by atoms with Gasteiger partial charge in [0.2, 0.25) is 0 Å². The van der Waals surface area contributed by atoms with Crippen molar-refractivity contribution < 1.29 is 26.4 Å². The van der Waals surface area contributed by atoms with Crippen LogP contribution in [0.1, 0.15) is 41.5 Å². The number of aromatic nitrogens is 1. The third kappa shape index (κ3) is 6.77. The van der Waals surface area contributed by atoms with Crippen LogP contribution in [0.3, 0.4) is 0 Å². The van der Waals surface area contributed by atoms with Gasteiger partial charge in [-0.15, -0.1) is 11.3 Å². The Bertz CT molecular complexity index is 1310. The summed E-state index contributed by atoms with van der Waals surface area (Å²) in [5.41, 5.74) is -0.124. The Hall–Kier alpha value is -2.18. The van der Waals surface area contributed by atoms with Crippen molar-refractivity contribution in [3.05, 3.63) is 80.4 Å². The highest BCUT2D eigenvalue weighted by atomic mass is 35.5. The van der Waals surface area contributed by atoms with Gasteiger partial charge in [-0.25, -0.2) is 8.42 Å². The van der Waals surface area contributed by atoms with Gasteiger partial charge in [0.15, 0.2) is 0 Å². The molecule has 36 heavy (non-hydrogen) atoms. The van der Waals surface area contributed by atoms with E-state index < -0.39 is 27.7 Å². The number of pyridine rings is 1.